The number of carbonyl (C=O) groups is 2. The summed E-state index contributed by atoms with van der Waals surface area (Å²) in [5.41, 5.74) is 6.58. The van der Waals surface area contributed by atoms with Crippen LogP contribution in [0, 0.1) is 0 Å². The van der Waals surface area contributed by atoms with Gasteiger partial charge >= 0.3 is 0 Å². The Morgan fingerprint density at radius 2 is 1.48 bits per heavy atom. The van der Waals surface area contributed by atoms with Crippen molar-refractivity contribution in [2.75, 3.05) is 0 Å². The van der Waals surface area contributed by atoms with E-state index >= 15 is 0 Å². The molecule has 1 aliphatic rings. The highest BCUT2D eigenvalue weighted by Crippen LogP contribution is 2.15. The number of hydrogen-bond donors (Lipinski definition) is 1. The summed E-state index contributed by atoms with van der Waals surface area (Å²) in [6.07, 6.45) is 9.17. The molecule has 0 aromatic heterocycles. The monoisotopic (exact) mass is 287 g/mol. The van der Waals surface area contributed by atoms with Crippen LogP contribution in [0.2, 0.25) is 0 Å². The van der Waals surface area contributed by atoms with E-state index in [0.717, 1.165) is 0 Å². The molecule has 0 heterocycles. The van der Waals surface area contributed by atoms with Gasteiger partial charge < -0.3 is 5.73 Å². The predicted octanol–water partition coefficient (Wildman–Crippen LogP) is 3.93. The third-order valence-corrected chi connectivity index (χ3v) is 3.36. The van der Waals surface area contributed by atoms with Gasteiger partial charge in [0.15, 0.2) is 11.6 Å². The van der Waals surface area contributed by atoms with E-state index in [0.29, 0.717) is 17.2 Å². The van der Waals surface area contributed by atoms with Crippen molar-refractivity contribution in [1.29, 1.82) is 0 Å². The molecule has 0 fully saturated rings. The average Bonchev–Trinajstić information content (AvgIpc) is 2.48. The maximum Gasteiger partial charge on any atom is 0.186 e. The molecule has 0 radical (unpaired) electrons. The fraction of sp³-hybridized carbons (Fsp3) is 0.444. The van der Waals surface area contributed by atoms with Crippen LogP contribution in [0.3, 0.4) is 0 Å². The standard InChI is InChI=1S/C10H6O2.C8H19N/c11-9-5-6-10(12)8-4-2-1-3-7(8)9;1-3-4-5-6-7-8(2)9/h1-6H;8H,3-7,9H2,1-2H3. The summed E-state index contributed by atoms with van der Waals surface area (Å²) in [5, 5.41) is 0. The van der Waals surface area contributed by atoms with Gasteiger partial charge in [0.2, 0.25) is 0 Å². The highest BCUT2D eigenvalue weighted by atomic mass is 16.1. The molecule has 114 valence electrons. The van der Waals surface area contributed by atoms with Crippen LogP contribution in [0.1, 0.15) is 66.7 Å². The van der Waals surface area contributed by atoms with Crippen molar-refractivity contribution in [1.82, 2.24) is 0 Å². The summed E-state index contributed by atoms with van der Waals surface area (Å²) in [7, 11) is 0. The summed E-state index contributed by atoms with van der Waals surface area (Å²) >= 11 is 0. The first-order chi connectivity index (χ1) is 10.1. The van der Waals surface area contributed by atoms with Gasteiger partial charge in [-0.2, -0.15) is 0 Å². The fourth-order valence-corrected chi connectivity index (χ4v) is 2.14. The van der Waals surface area contributed by atoms with Crippen molar-refractivity contribution in [3.63, 3.8) is 0 Å². The number of carbonyl (C=O) groups excluding carboxylic acids is 2. The Hall–Kier alpha value is -1.74. The smallest absolute Gasteiger partial charge is 0.186 e. The molecule has 21 heavy (non-hydrogen) atoms. The minimum Gasteiger partial charge on any atom is -0.328 e. The lowest BCUT2D eigenvalue weighted by Crippen LogP contribution is -2.13. The molecule has 1 unspecified atom stereocenters. The van der Waals surface area contributed by atoms with E-state index in [-0.39, 0.29) is 11.6 Å². The first-order valence-electron chi connectivity index (χ1n) is 7.67. The van der Waals surface area contributed by atoms with Crippen molar-refractivity contribution in [2.45, 2.75) is 52.0 Å². The molecule has 3 nitrogen and oxygen atoms in total. The van der Waals surface area contributed by atoms with Crippen LogP contribution in [-0.2, 0) is 0 Å². The van der Waals surface area contributed by atoms with Crippen molar-refractivity contribution in [3.8, 4) is 0 Å². The summed E-state index contributed by atoms with van der Waals surface area (Å²) in [4.78, 5) is 22.4. The molecule has 0 spiro atoms. The lowest BCUT2D eigenvalue weighted by molar-refractivity contribution is 0.0994. The number of ketones is 2. The zero-order chi connectivity index (χ0) is 15.7. The Balaban J connectivity index is 0.000000222. The Labute approximate surface area is 127 Å². The molecular formula is C18H25NO2. The molecule has 3 heteroatoms. The molecular weight excluding hydrogens is 262 g/mol. The first kappa shape index (κ1) is 17.3. The molecule has 0 saturated heterocycles. The van der Waals surface area contributed by atoms with Gasteiger partial charge in [-0.15, -0.1) is 0 Å². The van der Waals surface area contributed by atoms with Gasteiger partial charge in [0.05, 0.1) is 0 Å². The highest BCUT2D eigenvalue weighted by Gasteiger charge is 2.16. The Morgan fingerprint density at radius 3 is 1.90 bits per heavy atom. The third-order valence-electron chi connectivity index (χ3n) is 3.36. The van der Waals surface area contributed by atoms with Gasteiger partial charge in [-0.1, -0.05) is 56.9 Å². The summed E-state index contributed by atoms with van der Waals surface area (Å²) < 4.78 is 0. The quantitative estimate of drug-likeness (QED) is 0.835. The highest BCUT2D eigenvalue weighted by molar-refractivity contribution is 6.21. The molecule has 0 aliphatic heterocycles. The number of fused-ring (bicyclic) bond motifs is 1. The van der Waals surface area contributed by atoms with Gasteiger partial charge in [-0.05, 0) is 25.5 Å². The van der Waals surface area contributed by atoms with E-state index in [1.165, 1.54) is 44.3 Å². The SMILES string of the molecule is CCCCCCC(C)N.O=C1C=CC(=O)c2ccccc21. The second kappa shape index (κ2) is 9.24. The van der Waals surface area contributed by atoms with Gasteiger partial charge in [-0.25, -0.2) is 0 Å². The zero-order valence-corrected chi connectivity index (χ0v) is 13.0. The first-order valence-corrected chi connectivity index (χ1v) is 7.67. The number of allylic oxidation sites excluding steroid dienone is 2. The van der Waals surface area contributed by atoms with E-state index in [9.17, 15) is 9.59 Å². The number of hydrogen-bond acceptors (Lipinski definition) is 3. The fourth-order valence-electron chi connectivity index (χ4n) is 2.14. The van der Waals surface area contributed by atoms with Crippen LogP contribution in [-0.4, -0.2) is 17.6 Å². The molecule has 0 amide bonds. The second-order valence-electron chi connectivity index (χ2n) is 5.43. The number of rotatable bonds is 5. The van der Waals surface area contributed by atoms with Crippen molar-refractivity contribution >= 4 is 11.6 Å². The topological polar surface area (TPSA) is 60.2 Å². The largest absolute Gasteiger partial charge is 0.328 e. The summed E-state index contributed by atoms with van der Waals surface area (Å²) in [6, 6.07) is 7.24. The second-order valence-corrected chi connectivity index (χ2v) is 5.43. The van der Waals surface area contributed by atoms with Crippen LogP contribution in [0.4, 0.5) is 0 Å². The Morgan fingerprint density at radius 1 is 0.952 bits per heavy atom. The molecule has 1 atom stereocenters. The van der Waals surface area contributed by atoms with E-state index in [1.54, 1.807) is 24.3 Å². The lowest BCUT2D eigenvalue weighted by Gasteiger charge is -2.06. The summed E-state index contributed by atoms with van der Waals surface area (Å²) in [5.74, 6) is -0.185. The molecule has 1 aliphatic carbocycles. The molecule has 1 aromatic carbocycles. The van der Waals surface area contributed by atoms with Crippen LogP contribution in [0.25, 0.3) is 0 Å². The van der Waals surface area contributed by atoms with Gasteiger partial charge in [0.1, 0.15) is 0 Å². The van der Waals surface area contributed by atoms with Crippen LogP contribution < -0.4 is 5.73 Å². The Bertz CT molecular complexity index is 467. The van der Waals surface area contributed by atoms with E-state index in [4.69, 9.17) is 5.73 Å². The van der Waals surface area contributed by atoms with Gasteiger partial charge in [0.25, 0.3) is 0 Å². The average molecular weight is 287 g/mol. The number of unbranched alkanes of at least 4 members (excludes halogenated alkanes) is 3. The minimum absolute atomic E-state index is 0.0924. The molecule has 1 aromatic rings. The normalized spacial score (nSPS) is 14.2. The number of benzene rings is 1. The summed E-state index contributed by atoms with van der Waals surface area (Å²) in [6.45, 7) is 4.30. The maximum absolute atomic E-state index is 11.2. The maximum atomic E-state index is 11.2. The number of nitrogens with two attached hydrogens (primary N) is 1. The van der Waals surface area contributed by atoms with Crippen molar-refractivity contribution in [2.24, 2.45) is 5.73 Å². The molecule has 2 rings (SSSR count). The van der Waals surface area contributed by atoms with E-state index in [2.05, 4.69) is 13.8 Å². The molecule has 2 N–H and O–H groups in total. The lowest BCUT2D eigenvalue weighted by atomic mass is 9.95. The van der Waals surface area contributed by atoms with Crippen LogP contribution >= 0.6 is 0 Å². The van der Waals surface area contributed by atoms with Crippen LogP contribution in [0.15, 0.2) is 36.4 Å². The van der Waals surface area contributed by atoms with Crippen molar-refractivity contribution in [3.05, 3.63) is 47.5 Å². The third kappa shape index (κ3) is 6.05. The van der Waals surface area contributed by atoms with Crippen molar-refractivity contribution < 1.29 is 9.59 Å². The molecule has 0 saturated carbocycles. The minimum atomic E-state index is -0.0924. The molecule has 0 bridgehead atoms. The van der Waals surface area contributed by atoms with Gasteiger partial charge in [-0.3, -0.25) is 9.59 Å². The van der Waals surface area contributed by atoms with E-state index in [1.807, 2.05) is 0 Å². The predicted molar refractivity (Wildman–Crippen MR) is 86.7 cm³/mol. The van der Waals surface area contributed by atoms with E-state index < -0.39 is 0 Å². The zero-order valence-electron chi connectivity index (χ0n) is 13.0. The van der Waals surface area contributed by atoms with Gasteiger partial charge in [0, 0.05) is 17.2 Å². The Kier molecular flexibility index (Phi) is 7.62. The van der Waals surface area contributed by atoms with Crippen LogP contribution in [0.5, 0.6) is 0 Å².